The summed E-state index contributed by atoms with van der Waals surface area (Å²) in [6.45, 7) is 3.72. The molecule has 8 heteroatoms. The van der Waals surface area contributed by atoms with Crippen molar-refractivity contribution in [3.05, 3.63) is 45.1 Å². The van der Waals surface area contributed by atoms with Crippen molar-refractivity contribution in [3.8, 4) is 11.5 Å². The number of guanidine groups is 1. The molecular formula is C22H29ClN4O2S. The van der Waals surface area contributed by atoms with Crippen molar-refractivity contribution in [2.45, 2.75) is 25.4 Å². The van der Waals surface area contributed by atoms with Crippen LogP contribution in [0.3, 0.4) is 0 Å². The standard InChI is InChI=1S/C22H29ClN4O2S/c1-24-22(25-13-15-11-17(23)21-18(12-15)28-8-9-29-21)26-14-16-5-3-7-27(2)20(16)19-6-4-10-30-19/h4,6,10-12,16,20H,3,5,7-9,13-14H2,1-2H3,(H2,24,25,26). The number of nitrogens with zero attached hydrogens (tertiary/aromatic N) is 2. The number of rotatable bonds is 5. The summed E-state index contributed by atoms with van der Waals surface area (Å²) >= 11 is 8.20. The maximum atomic E-state index is 6.36. The summed E-state index contributed by atoms with van der Waals surface area (Å²) in [5.74, 6) is 2.68. The van der Waals surface area contributed by atoms with Crippen molar-refractivity contribution >= 4 is 28.9 Å². The van der Waals surface area contributed by atoms with E-state index < -0.39 is 0 Å². The maximum absolute atomic E-state index is 6.36. The number of piperidine rings is 1. The Kier molecular flexibility index (Phi) is 7.02. The van der Waals surface area contributed by atoms with E-state index in [2.05, 4.69) is 45.1 Å². The summed E-state index contributed by atoms with van der Waals surface area (Å²) in [6.07, 6.45) is 2.45. The number of hydrogen-bond donors (Lipinski definition) is 2. The van der Waals surface area contributed by atoms with Crippen LogP contribution in [0.15, 0.2) is 34.6 Å². The fraction of sp³-hybridized carbons (Fsp3) is 0.500. The summed E-state index contributed by atoms with van der Waals surface area (Å²) in [4.78, 5) is 8.32. The minimum Gasteiger partial charge on any atom is -0.486 e. The first-order chi connectivity index (χ1) is 14.7. The molecule has 1 aromatic heterocycles. The number of halogens is 1. The normalized spacial score (nSPS) is 22.0. The highest BCUT2D eigenvalue weighted by Gasteiger charge is 2.31. The molecule has 0 saturated carbocycles. The summed E-state index contributed by atoms with van der Waals surface area (Å²) in [7, 11) is 4.03. The van der Waals surface area contributed by atoms with E-state index in [0.717, 1.165) is 24.6 Å². The second-order valence-corrected chi connectivity index (χ2v) is 9.14. The predicted molar refractivity (Wildman–Crippen MR) is 123 cm³/mol. The molecule has 0 bridgehead atoms. The molecule has 162 valence electrons. The van der Waals surface area contributed by atoms with E-state index in [1.54, 1.807) is 7.05 Å². The highest BCUT2D eigenvalue weighted by molar-refractivity contribution is 7.10. The van der Waals surface area contributed by atoms with Crippen molar-refractivity contribution in [1.29, 1.82) is 0 Å². The number of nitrogens with one attached hydrogen (secondary N) is 2. The van der Waals surface area contributed by atoms with Gasteiger partial charge in [0.25, 0.3) is 0 Å². The lowest BCUT2D eigenvalue weighted by Gasteiger charge is -2.39. The Morgan fingerprint density at radius 3 is 2.97 bits per heavy atom. The molecular weight excluding hydrogens is 420 g/mol. The topological polar surface area (TPSA) is 58.1 Å². The van der Waals surface area contributed by atoms with Crippen LogP contribution in [0, 0.1) is 5.92 Å². The van der Waals surface area contributed by atoms with E-state index in [4.69, 9.17) is 21.1 Å². The van der Waals surface area contributed by atoms with Crippen LogP contribution in [0.1, 0.15) is 29.3 Å². The van der Waals surface area contributed by atoms with Gasteiger partial charge >= 0.3 is 0 Å². The van der Waals surface area contributed by atoms with Gasteiger partial charge in [-0.2, -0.15) is 0 Å². The Morgan fingerprint density at radius 2 is 2.17 bits per heavy atom. The van der Waals surface area contributed by atoms with E-state index in [1.807, 2.05) is 23.5 Å². The first-order valence-electron chi connectivity index (χ1n) is 10.4. The molecule has 2 atom stereocenters. The average molecular weight is 449 g/mol. The molecule has 2 unspecified atom stereocenters. The lowest BCUT2D eigenvalue weighted by atomic mass is 9.88. The highest BCUT2D eigenvalue weighted by Crippen LogP contribution is 2.38. The monoisotopic (exact) mass is 448 g/mol. The van der Waals surface area contributed by atoms with Crippen molar-refractivity contribution in [2.24, 2.45) is 10.9 Å². The molecule has 1 aromatic carbocycles. The van der Waals surface area contributed by atoms with Crippen LogP contribution in [0.4, 0.5) is 0 Å². The molecule has 30 heavy (non-hydrogen) atoms. The number of likely N-dealkylation sites (tertiary alicyclic amines) is 1. The van der Waals surface area contributed by atoms with E-state index in [1.165, 1.54) is 17.7 Å². The van der Waals surface area contributed by atoms with Gasteiger partial charge in [0.15, 0.2) is 17.5 Å². The fourth-order valence-corrected chi connectivity index (χ4v) is 5.55. The van der Waals surface area contributed by atoms with Crippen LogP contribution in [0.2, 0.25) is 5.02 Å². The molecule has 2 N–H and O–H groups in total. The van der Waals surface area contributed by atoms with E-state index in [-0.39, 0.29) is 0 Å². The zero-order valence-electron chi connectivity index (χ0n) is 17.5. The largest absolute Gasteiger partial charge is 0.486 e. The summed E-state index contributed by atoms with van der Waals surface area (Å²) in [5.41, 5.74) is 1.03. The first-order valence-corrected chi connectivity index (χ1v) is 11.7. The Labute approximate surface area is 187 Å². The number of thiophene rings is 1. The molecule has 0 radical (unpaired) electrons. The summed E-state index contributed by atoms with van der Waals surface area (Å²) < 4.78 is 11.3. The number of aliphatic imine (C=N–C) groups is 1. The zero-order valence-corrected chi connectivity index (χ0v) is 19.1. The molecule has 1 saturated heterocycles. The Bertz CT molecular complexity index is 874. The van der Waals surface area contributed by atoms with E-state index in [9.17, 15) is 0 Å². The Morgan fingerprint density at radius 1 is 1.30 bits per heavy atom. The van der Waals surface area contributed by atoms with Gasteiger partial charge in [-0.3, -0.25) is 9.89 Å². The van der Waals surface area contributed by atoms with Gasteiger partial charge in [0.2, 0.25) is 0 Å². The molecule has 0 spiro atoms. The third kappa shape index (κ3) is 4.85. The second-order valence-electron chi connectivity index (χ2n) is 7.75. The van der Waals surface area contributed by atoms with E-state index in [0.29, 0.717) is 48.2 Å². The summed E-state index contributed by atoms with van der Waals surface area (Å²) in [6, 6.07) is 8.75. The Balaban J connectivity index is 1.35. The van der Waals surface area contributed by atoms with E-state index >= 15 is 0 Å². The van der Waals surface area contributed by atoms with Crippen LogP contribution < -0.4 is 20.1 Å². The number of fused-ring (bicyclic) bond motifs is 1. The van der Waals surface area contributed by atoms with Gasteiger partial charge in [0, 0.05) is 31.1 Å². The highest BCUT2D eigenvalue weighted by atomic mass is 35.5. The lowest BCUT2D eigenvalue weighted by Crippen LogP contribution is -2.44. The summed E-state index contributed by atoms with van der Waals surface area (Å²) in [5, 5.41) is 9.67. The van der Waals surface area contributed by atoms with Crippen LogP contribution in [-0.4, -0.2) is 51.3 Å². The molecule has 2 aliphatic heterocycles. The molecule has 2 aromatic rings. The van der Waals surface area contributed by atoms with Gasteiger partial charge < -0.3 is 20.1 Å². The van der Waals surface area contributed by atoms with Gasteiger partial charge in [-0.05, 0) is 61.5 Å². The third-order valence-corrected chi connectivity index (χ3v) is 6.94. The molecule has 0 amide bonds. The average Bonchev–Trinajstić information content (AvgIpc) is 3.28. The predicted octanol–water partition coefficient (Wildman–Crippen LogP) is 3.92. The van der Waals surface area contributed by atoms with Crippen molar-refractivity contribution in [2.75, 3.05) is 40.4 Å². The minimum absolute atomic E-state index is 0.459. The molecule has 1 fully saturated rings. The first kappa shape index (κ1) is 21.3. The van der Waals surface area contributed by atoms with Crippen LogP contribution in [0.25, 0.3) is 0 Å². The number of benzene rings is 1. The molecule has 3 heterocycles. The van der Waals surface area contributed by atoms with Crippen LogP contribution in [0.5, 0.6) is 11.5 Å². The maximum Gasteiger partial charge on any atom is 0.191 e. The van der Waals surface area contributed by atoms with Gasteiger partial charge in [-0.15, -0.1) is 11.3 Å². The van der Waals surface area contributed by atoms with Crippen molar-refractivity contribution in [1.82, 2.24) is 15.5 Å². The third-order valence-electron chi connectivity index (χ3n) is 5.71. The smallest absolute Gasteiger partial charge is 0.191 e. The minimum atomic E-state index is 0.459. The van der Waals surface area contributed by atoms with Gasteiger partial charge in [-0.25, -0.2) is 0 Å². The van der Waals surface area contributed by atoms with Gasteiger partial charge in [0.1, 0.15) is 13.2 Å². The molecule has 4 rings (SSSR count). The molecule has 6 nitrogen and oxygen atoms in total. The SMILES string of the molecule is CN=C(NCc1cc(Cl)c2c(c1)OCCO2)NCC1CCCN(C)C1c1cccs1. The van der Waals surface area contributed by atoms with Crippen molar-refractivity contribution < 1.29 is 9.47 Å². The van der Waals surface area contributed by atoms with Crippen LogP contribution in [-0.2, 0) is 6.54 Å². The number of ether oxygens (including phenoxy) is 2. The van der Waals surface area contributed by atoms with Crippen LogP contribution >= 0.6 is 22.9 Å². The van der Waals surface area contributed by atoms with Gasteiger partial charge in [-0.1, -0.05) is 17.7 Å². The second kappa shape index (κ2) is 9.90. The fourth-order valence-electron chi connectivity index (χ4n) is 4.28. The number of hydrogen-bond acceptors (Lipinski definition) is 5. The molecule has 0 aliphatic carbocycles. The molecule has 2 aliphatic rings. The lowest BCUT2D eigenvalue weighted by molar-refractivity contribution is 0.125. The quantitative estimate of drug-likeness (QED) is 0.536. The van der Waals surface area contributed by atoms with Crippen molar-refractivity contribution in [3.63, 3.8) is 0 Å². The Hall–Kier alpha value is -1.96. The zero-order chi connectivity index (χ0) is 20.9. The van der Waals surface area contributed by atoms with Gasteiger partial charge in [0.05, 0.1) is 5.02 Å².